The maximum absolute atomic E-state index is 6.01. The first-order chi connectivity index (χ1) is 9.70. The monoisotopic (exact) mass is 272 g/mol. The van der Waals surface area contributed by atoms with Crippen LogP contribution in [0, 0.1) is 11.8 Å². The van der Waals surface area contributed by atoms with Gasteiger partial charge in [-0.2, -0.15) is 5.10 Å². The smallest absolute Gasteiger partial charge is 0.163 e. The molecule has 2 aromatic rings. The fourth-order valence-corrected chi connectivity index (χ4v) is 3.82. The average Bonchev–Trinajstić information content (AvgIpc) is 3.05. The first-order valence-electron chi connectivity index (χ1n) is 7.37. The van der Waals surface area contributed by atoms with Gasteiger partial charge >= 0.3 is 0 Å². The first-order valence-corrected chi connectivity index (χ1v) is 7.37. The summed E-state index contributed by atoms with van der Waals surface area (Å²) in [6.07, 6.45) is 5.93. The molecule has 0 aromatic carbocycles. The largest absolute Gasteiger partial charge is 0.383 e. The van der Waals surface area contributed by atoms with Gasteiger partial charge in [-0.1, -0.05) is 6.42 Å². The Bertz CT molecular complexity index is 636. The van der Waals surface area contributed by atoms with E-state index < -0.39 is 0 Å². The van der Waals surface area contributed by atoms with Crippen molar-refractivity contribution in [2.45, 2.75) is 25.8 Å². The highest BCUT2D eigenvalue weighted by atomic mass is 15.3. The Morgan fingerprint density at radius 3 is 2.75 bits per heavy atom. The predicted octanol–water partition coefficient (Wildman–Crippen LogP) is 1.18. The van der Waals surface area contributed by atoms with E-state index in [9.17, 15) is 0 Å². The third-order valence-electron chi connectivity index (χ3n) is 4.83. The molecule has 4 rings (SSSR count). The minimum Gasteiger partial charge on any atom is -0.383 e. The third-order valence-corrected chi connectivity index (χ3v) is 4.83. The summed E-state index contributed by atoms with van der Waals surface area (Å²) in [4.78, 5) is 11.5. The van der Waals surface area contributed by atoms with Gasteiger partial charge in [0, 0.05) is 20.1 Å². The van der Waals surface area contributed by atoms with Crippen LogP contribution in [-0.4, -0.2) is 37.7 Å². The molecule has 0 spiro atoms. The van der Waals surface area contributed by atoms with Crippen LogP contribution in [0.25, 0.3) is 11.0 Å². The van der Waals surface area contributed by atoms with E-state index in [1.807, 2.05) is 7.05 Å². The summed E-state index contributed by atoms with van der Waals surface area (Å²) < 4.78 is 1.76. The second kappa shape index (κ2) is 4.41. The van der Waals surface area contributed by atoms with E-state index in [1.54, 1.807) is 10.9 Å². The minimum atomic E-state index is 0.539. The van der Waals surface area contributed by atoms with Crippen LogP contribution >= 0.6 is 0 Å². The van der Waals surface area contributed by atoms with Crippen molar-refractivity contribution in [3.8, 4) is 0 Å². The first kappa shape index (κ1) is 12.1. The quantitative estimate of drug-likeness (QED) is 0.888. The molecule has 1 aliphatic heterocycles. The van der Waals surface area contributed by atoms with Gasteiger partial charge in [0.15, 0.2) is 5.65 Å². The van der Waals surface area contributed by atoms with Crippen LogP contribution in [0.15, 0.2) is 6.20 Å². The standard InChI is InChI=1S/C14H20N6/c1-19-14-11(5-16-19)13(15)17-12(18-14)8-20-6-9-3-2-4-10(9)7-20/h5,9-10H,2-4,6-8H2,1H3,(H2,15,17,18). The van der Waals surface area contributed by atoms with Crippen molar-refractivity contribution < 1.29 is 0 Å². The summed E-state index contributed by atoms with van der Waals surface area (Å²) >= 11 is 0. The summed E-state index contributed by atoms with van der Waals surface area (Å²) in [5.41, 5.74) is 6.84. The number of likely N-dealkylation sites (tertiary alicyclic amines) is 1. The third kappa shape index (κ3) is 1.86. The van der Waals surface area contributed by atoms with Gasteiger partial charge in [-0.3, -0.25) is 9.58 Å². The maximum atomic E-state index is 6.01. The van der Waals surface area contributed by atoms with Gasteiger partial charge in [0.2, 0.25) is 0 Å². The Balaban J connectivity index is 1.58. The predicted molar refractivity (Wildman–Crippen MR) is 76.8 cm³/mol. The summed E-state index contributed by atoms with van der Waals surface area (Å²) in [5.74, 6) is 3.15. The zero-order chi connectivity index (χ0) is 13.7. The summed E-state index contributed by atoms with van der Waals surface area (Å²) in [7, 11) is 1.89. The van der Waals surface area contributed by atoms with Crippen molar-refractivity contribution in [2.24, 2.45) is 18.9 Å². The Morgan fingerprint density at radius 1 is 1.25 bits per heavy atom. The Hall–Kier alpha value is -1.69. The molecule has 0 amide bonds. The van der Waals surface area contributed by atoms with Crippen LogP contribution in [-0.2, 0) is 13.6 Å². The van der Waals surface area contributed by atoms with Crippen LogP contribution < -0.4 is 5.73 Å². The van der Waals surface area contributed by atoms with Crippen LogP contribution in [0.1, 0.15) is 25.1 Å². The topological polar surface area (TPSA) is 72.9 Å². The second-order valence-electron chi connectivity index (χ2n) is 6.18. The highest BCUT2D eigenvalue weighted by Crippen LogP contribution is 2.38. The molecule has 2 aromatic heterocycles. The molecule has 1 aliphatic carbocycles. The SMILES string of the molecule is Cn1ncc2c(N)nc(CN3CC4CCCC4C3)nc21. The van der Waals surface area contributed by atoms with Crippen molar-refractivity contribution in [3.05, 3.63) is 12.0 Å². The lowest BCUT2D eigenvalue weighted by atomic mass is 10.0. The number of nitrogens with zero attached hydrogens (tertiary/aromatic N) is 5. The summed E-state index contributed by atoms with van der Waals surface area (Å²) in [6.45, 7) is 3.19. The molecule has 1 saturated heterocycles. The highest BCUT2D eigenvalue weighted by Gasteiger charge is 2.36. The van der Waals surface area contributed by atoms with Crippen LogP contribution in [0.5, 0.6) is 0 Å². The lowest BCUT2D eigenvalue weighted by molar-refractivity contribution is 0.296. The van der Waals surface area contributed by atoms with E-state index in [4.69, 9.17) is 5.73 Å². The van der Waals surface area contributed by atoms with E-state index >= 15 is 0 Å². The van der Waals surface area contributed by atoms with E-state index in [2.05, 4.69) is 20.0 Å². The molecule has 20 heavy (non-hydrogen) atoms. The Labute approximate surface area is 118 Å². The molecule has 0 bridgehead atoms. The van der Waals surface area contributed by atoms with Gasteiger partial charge in [-0.25, -0.2) is 9.97 Å². The van der Waals surface area contributed by atoms with Gasteiger partial charge in [0.05, 0.1) is 18.1 Å². The van der Waals surface area contributed by atoms with Crippen molar-refractivity contribution in [3.63, 3.8) is 0 Å². The Kier molecular flexibility index (Phi) is 2.66. The summed E-state index contributed by atoms with van der Waals surface area (Å²) in [6, 6.07) is 0. The van der Waals surface area contributed by atoms with Gasteiger partial charge in [0.1, 0.15) is 11.6 Å². The van der Waals surface area contributed by atoms with Gasteiger partial charge in [0.25, 0.3) is 0 Å². The Morgan fingerprint density at radius 2 is 2.00 bits per heavy atom. The van der Waals surface area contributed by atoms with Gasteiger partial charge < -0.3 is 5.73 Å². The van der Waals surface area contributed by atoms with Crippen molar-refractivity contribution >= 4 is 16.9 Å². The number of nitrogen functional groups attached to an aromatic ring is 1. The molecule has 106 valence electrons. The number of aromatic nitrogens is 4. The van der Waals surface area contributed by atoms with E-state index in [-0.39, 0.29) is 0 Å². The van der Waals surface area contributed by atoms with Gasteiger partial charge in [-0.05, 0) is 24.7 Å². The molecule has 1 saturated carbocycles. The summed E-state index contributed by atoms with van der Waals surface area (Å²) in [5, 5.41) is 5.04. The molecule has 2 atom stereocenters. The lowest BCUT2D eigenvalue weighted by Crippen LogP contribution is -2.22. The zero-order valence-electron chi connectivity index (χ0n) is 11.8. The molecule has 2 fully saturated rings. The molecule has 6 nitrogen and oxygen atoms in total. The maximum Gasteiger partial charge on any atom is 0.163 e. The average molecular weight is 272 g/mol. The zero-order valence-corrected chi connectivity index (χ0v) is 11.8. The van der Waals surface area contributed by atoms with Crippen molar-refractivity contribution in [1.29, 1.82) is 0 Å². The molecule has 6 heteroatoms. The molecular formula is C14H20N6. The number of aryl methyl sites for hydroxylation is 1. The molecule has 2 N–H and O–H groups in total. The molecular weight excluding hydrogens is 252 g/mol. The fraction of sp³-hybridized carbons (Fsp3) is 0.643. The van der Waals surface area contributed by atoms with E-state index in [0.29, 0.717) is 5.82 Å². The number of rotatable bonds is 2. The molecule has 2 unspecified atom stereocenters. The highest BCUT2D eigenvalue weighted by molar-refractivity contribution is 5.84. The van der Waals surface area contributed by atoms with Crippen molar-refractivity contribution in [1.82, 2.24) is 24.6 Å². The molecule has 0 radical (unpaired) electrons. The molecule has 2 aliphatic rings. The lowest BCUT2D eigenvalue weighted by Gasteiger charge is -2.15. The number of hydrogen-bond acceptors (Lipinski definition) is 5. The van der Waals surface area contributed by atoms with Crippen LogP contribution in [0.4, 0.5) is 5.82 Å². The second-order valence-corrected chi connectivity index (χ2v) is 6.18. The van der Waals surface area contributed by atoms with Crippen LogP contribution in [0.3, 0.4) is 0 Å². The normalized spacial score (nSPS) is 26.4. The number of fused-ring (bicyclic) bond motifs is 2. The number of hydrogen-bond donors (Lipinski definition) is 1. The number of nitrogens with two attached hydrogens (primary N) is 1. The minimum absolute atomic E-state index is 0.539. The van der Waals surface area contributed by atoms with E-state index in [0.717, 1.165) is 35.2 Å². The van der Waals surface area contributed by atoms with Crippen molar-refractivity contribution in [2.75, 3.05) is 18.8 Å². The van der Waals surface area contributed by atoms with E-state index in [1.165, 1.54) is 32.4 Å². The number of anilines is 1. The molecule has 3 heterocycles. The fourth-order valence-electron chi connectivity index (χ4n) is 3.82. The van der Waals surface area contributed by atoms with Crippen LogP contribution in [0.2, 0.25) is 0 Å². The van der Waals surface area contributed by atoms with Gasteiger partial charge in [-0.15, -0.1) is 0 Å².